The zero-order valence-corrected chi connectivity index (χ0v) is 20.6. The molecule has 1 saturated heterocycles. The molecule has 0 amide bonds. The Balaban J connectivity index is 1.97. The number of phenols is 2. The molecular weight excluding hydrogens is 488 g/mol. The van der Waals surface area contributed by atoms with E-state index in [1.54, 1.807) is 30.3 Å². The number of ether oxygens (including phenoxy) is 4. The Bertz CT molecular complexity index is 1060. The summed E-state index contributed by atoms with van der Waals surface area (Å²) in [5, 5.41) is 70.1. The average Bonchev–Trinajstić information content (AvgIpc) is 2.90. The number of hydrogen-bond donors (Lipinski definition) is 7. The van der Waals surface area contributed by atoms with E-state index < -0.39 is 43.2 Å². The first-order chi connectivity index (χ1) is 17.7. The summed E-state index contributed by atoms with van der Waals surface area (Å²) in [7, 11) is 2.83. The highest BCUT2D eigenvalue weighted by molar-refractivity contribution is 5.60. The van der Waals surface area contributed by atoms with Crippen molar-refractivity contribution in [2.75, 3.05) is 34.0 Å². The maximum absolute atomic E-state index is 11.0. The highest BCUT2D eigenvalue weighted by Gasteiger charge is 2.44. The fourth-order valence-corrected chi connectivity index (χ4v) is 4.21. The predicted molar refractivity (Wildman–Crippen MR) is 132 cm³/mol. The lowest BCUT2D eigenvalue weighted by molar-refractivity contribution is -0.301. The summed E-state index contributed by atoms with van der Waals surface area (Å²) < 4.78 is 21.8. The van der Waals surface area contributed by atoms with Gasteiger partial charge in [0.25, 0.3) is 0 Å². The zero-order chi connectivity index (χ0) is 27.1. The lowest BCUT2D eigenvalue weighted by Crippen LogP contribution is -2.59. The summed E-state index contributed by atoms with van der Waals surface area (Å²) in [6, 6.07) is 8.10. The standard InChI is InChI=1S/C26H34O11/c1-34-19-10-15(5-6-18(19)29)8-16(13-36-26-25(33)24(32)23(31)21(12-28)37-26)17-9-14(4-3-7-27)11-20(35-2)22(17)30/h3-6,9-11,16,21,23-33H,7-8,12-13H2,1-2H3/b4-3+/t16-,21+,23+,24-,25+,26+/m1/s1. The molecule has 0 radical (unpaired) electrons. The van der Waals surface area contributed by atoms with Crippen molar-refractivity contribution in [3.05, 3.63) is 53.1 Å². The van der Waals surface area contributed by atoms with Gasteiger partial charge in [0, 0.05) is 11.5 Å². The SMILES string of the molecule is COc1cc(C[C@H](CO[C@H]2O[C@@H](CO)[C@H](O)[C@@H](O)[C@@H]2O)c2cc(/C=C/CO)cc(OC)c2O)ccc1O. The van der Waals surface area contributed by atoms with Crippen LogP contribution in [0.5, 0.6) is 23.0 Å². The zero-order valence-electron chi connectivity index (χ0n) is 20.6. The summed E-state index contributed by atoms with van der Waals surface area (Å²) >= 11 is 0. The smallest absolute Gasteiger partial charge is 0.186 e. The minimum absolute atomic E-state index is 0.0407. The lowest BCUT2D eigenvalue weighted by atomic mass is 9.90. The van der Waals surface area contributed by atoms with Gasteiger partial charge in [-0.3, -0.25) is 0 Å². The molecule has 0 aliphatic carbocycles. The number of methoxy groups -OCH3 is 2. The van der Waals surface area contributed by atoms with Gasteiger partial charge in [0.15, 0.2) is 29.3 Å². The first-order valence-corrected chi connectivity index (χ1v) is 11.7. The summed E-state index contributed by atoms with van der Waals surface area (Å²) in [5.74, 6) is -0.306. The van der Waals surface area contributed by atoms with E-state index in [0.717, 1.165) is 5.56 Å². The molecule has 11 heteroatoms. The van der Waals surface area contributed by atoms with Gasteiger partial charge in [-0.05, 0) is 41.8 Å². The molecule has 11 nitrogen and oxygen atoms in total. The van der Waals surface area contributed by atoms with Crippen LogP contribution in [-0.2, 0) is 15.9 Å². The fourth-order valence-electron chi connectivity index (χ4n) is 4.21. The molecule has 0 aromatic heterocycles. The molecule has 0 unspecified atom stereocenters. The largest absolute Gasteiger partial charge is 0.504 e. The van der Waals surface area contributed by atoms with Crippen molar-refractivity contribution in [1.82, 2.24) is 0 Å². The highest BCUT2D eigenvalue weighted by atomic mass is 16.7. The van der Waals surface area contributed by atoms with Crippen molar-refractivity contribution in [3.8, 4) is 23.0 Å². The van der Waals surface area contributed by atoms with E-state index >= 15 is 0 Å². The molecule has 0 saturated carbocycles. The van der Waals surface area contributed by atoms with E-state index in [1.165, 1.54) is 26.4 Å². The van der Waals surface area contributed by atoms with Gasteiger partial charge in [-0.2, -0.15) is 0 Å². The van der Waals surface area contributed by atoms with Gasteiger partial charge >= 0.3 is 0 Å². The first kappa shape index (κ1) is 28.7. The van der Waals surface area contributed by atoms with E-state index in [0.29, 0.717) is 11.1 Å². The van der Waals surface area contributed by atoms with Gasteiger partial charge in [0.2, 0.25) is 0 Å². The van der Waals surface area contributed by atoms with Crippen LogP contribution in [0.2, 0.25) is 0 Å². The van der Waals surface area contributed by atoms with E-state index in [-0.39, 0.29) is 42.6 Å². The lowest BCUT2D eigenvalue weighted by Gasteiger charge is -2.40. The van der Waals surface area contributed by atoms with Crippen LogP contribution in [0.25, 0.3) is 6.08 Å². The van der Waals surface area contributed by atoms with Gasteiger partial charge < -0.3 is 54.7 Å². The van der Waals surface area contributed by atoms with Crippen LogP contribution in [0.15, 0.2) is 36.4 Å². The third kappa shape index (κ3) is 6.70. The molecule has 1 fully saturated rings. The third-order valence-corrected chi connectivity index (χ3v) is 6.24. The molecule has 1 aliphatic rings. The number of phenolic OH excluding ortho intramolecular Hbond substituents is 2. The molecule has 6 atom stereocenters. The van der Waals surface area contributed by atoms with Gasteiger partial charge in [0.1, 0.15) is 24.4 Å². The molecule has 0 spiro atoms. The minimum Gasteiger partial charge on any atom is -0.504 e. The van der Waals surface area contributed by atoms with Gasteiger partial charge in [-0.25, -0.2) is 0 Å². The second-order valence-electron chi connectivity index (χ2n) is 8.68. The number of aromatic hydroxyl groups is 2. The van der Waals surface area contributed by atoms with Gasteiger partial charge in [-0.15, -0.1) is 0 Å². The van der Waals surface area contributed by atoms with Crippen molar-refractivity contribution in [2.24, 2.45) is 0 Å². The molecule has 204 valence electrons. The highest BCUT2D eigenvalue weighted by Crippen LogP contribution is 2.39. The molecule has 1 aliphatic heterocycles. The maximum atomic E-state index is 11.0. The second kappa shape index (κ2) is 13.1. The van der Waals surface area contributed by atoms with Crippen molar-refractivity contribution >= 4 is 6.08 Å². The molecule has 3 rings (SSSR count). The number of hydrogen-bond acceptors (Lipinski definition) is 11. The number of aliphatic hydroxyl groups excluding tert-OH is 5. The van der Waals surface area contributed by atoms with Crippen LogP contribution >= 0.6 is 0 Å². The van der Waals surface area contributed by atoms with E-state index in [4.69, 9.17) is 18.9 Å². The van der Waals surface area contributed by atoms with Crippen molar-refractivity contribution in [2.45, 2.75) is 43.0 Å². The Morgan fingerprint density at radius 2 is 1.68 bits per heavy atom. The second-order valence-corrected chi connectivity index (χ2v) is 8.68. The quantitative estimate of drug-likeness (QED) is 0.215. The predicted octanol–water partition coefficient (Wildman–Crippen LogP) is 0.263. The summed E-state index contributed by atoms with van der Waals surface area (Å²) in [6.07, 6.45) is -3.76. The van der Waals surface area contributed by atoms with E-state index in [2.05, 4.69) is 0 Å². The van der Waals surface area contributed by atoms with Crippen LogP contribution in [0.1, 0.15) is 22.6 Å². The molecule has 2 aromatic carbocycles. The Hall–Kier alpha value is -2.90. The van der Waals surface area contributed by atoms with Crippen molar-refractivity contribution in [3.63, 3.8) is 0 Å². The van der Waals surface area contributed by atoms with Crippen molar-refractivity contribution in [1.29, 1.82) is 0 Å². The van der Waals surface area contributed by atoms with Gasteiger partial charge in [-0.1, -0.05) is 18.2 Å². The Morgan fingerprint density at radius 1 is 0.946 bits per heavy atom. The summed E-state index contributed by atoms with van der Waals surface area (Å²) in [6.45, 7) is -0.913. The molecule has 1 heterocycles. The Kier molecular flexibility index (Phi) is 10.1. The van der Waals surface area contributed by atoms with Crippen LogP contribution in [-0.4, -0.2) is 100 Å². The molecule has 7 N–H and O–H groups in total. The van der Waals surface area contributed by atoms with Crippen LogP contribution in [0, 0.1) is 0 Å². The molecule has 37 heavy (non-hydrogen) atoms. The topological polar surface area (TPSA) is 179 Å². The minimum atomic E-state index is -1.60. The maximum Gasteiger partial charge on any atom is 0.186 e. The third-order valence-electron chi connectivity index (χ3n) is 6.24. The van der Waals surface area contributed by atoms with Crippen LogP contribution < -0.4 is 9.47 Å². The average molecular weight is 523 g/mol. The number of aliphatic hydroxyl groups is 5. The Labute approximate surface area is 214 Å². The normalized spacial score (nSPS) is 24.8. The summed E-state index contributed by atoms with van der Waals surface area (Å²) in [4.78, 5) is 0. The van der Waals surface area contributed by atoms with E-state index in [1.807, 2.05) is 0 Å². The van der Waals surface area contributed by atoms with Crippen LogP contribution in [0.4, 0.5) is 0 Å². The fraction of sp³-hybridized carbons (Fsp3) is 0.462. The van der Waals surface area contributed by atoms with Crippen LogP contribution in [0.3, 0.4) is 0 Å². The molecular formula is C26H34O11. The monoisotopic (exact) mass is 522 g/mol. The molecule has 2 aromatic rings. The van der Waals surface area contributed by atoms with Gasteiger partial charge in [0.05, 0.1) is 34.0 Å². The first-order valence-electron chi connectivity index (χ1n) is 11.7. The Morgan fingerprint density at radius 3 is 2.32 bits per heavy atom. The van der Waals surface area contributed by atoms with Crippen molar-refractivity contribution < 1.29 is 54.7 Å². The van der Waals surface area contributed by atoms with E-state index in [9.17, 15) is 35.7 Å². The molecule has 0 bridgehead atoms. The number of benzene rings is 2. The summed E-state index contributed by atoms with van der Waals surface area (Å²) in [5.41, 5.74) is 1.79. The number of rotatable bonds is 11.